The highest BCUT2D eigenvalue weighted by atomic mass is 32.1. The molecule has 0 bridgehead atoms. The van der Waals surface area contributed by atoms with E-state index in [4.69, 9.17) is 0 Å². The van der Waals surface area contributed by atoms with Crippen LogP contribution in [0.3, 0.4) is 0 Å². The van der Waals surface area contributed by atoms with Crippen molar-refractivity contribution in [1.82, 2.24) is 5.32 Å². The van der Waals surface area contributed by atoms with E-state index in [1.165, 1.54) is 16.7 Å². The first-order chi connectivity index (χ1) is 8.31. The molecule has 1 unspecified atom stereocenters. The fourth-order valence-corrected chi connectivity index (χ4v) is 2.96. The summed E-state index contributed by atoms with van der Waals surface area (Å²) in [5.41, 5.74) is 4.30. The molecule has 0 aliphatic heterocycles. The molecule has 1 heterocycles. The maximum atomic E-state index is 3.31. The average Bonchev–Trinajstić information content (AvgIpc) is 2.82. The number of thiophene rings is 1. The minimum atomic E-state index is 0.566. The second kappa shape index (κ2) is 5.99. The van der Waals surface area contributed by atoms with Gasteiger partial charge in [-0.05, 0) is 53.9 Å². The first-order valence-corrected chi connectivity index (χ1v) is 6.96. The SMILES string of the molecule is CNCC(Cc1ccsc1)c1ccccc1C. The summed E-state index contributed by atoms with van der Waals surface area (Å²) in [6.45, 7) is 3.23. The fraction of sp³-hybridized carbons (Fsp3) is 0.333. The van der Waals surface area contributed by atoms with Gasteiger partial charge < -0.3 is 5.32 Å². The number of nitrogens with one attached hydrogen (secondary N) is 1. The molecule has 2 rings (SSSR count). The highest BCUT2D eigenvalue weighted by molar-refractivity contribution is 7.07. The second-order valence-corrected chi connectivity index (χ2v) is 5.23. The summed E-state index contributed by atoms with van der Waals surface area (Å²) >= 11 is 1.78. The van der Waals surface area contributed by atoms with Crippen molar-refractivity contribution in [3.63, 3.8) is 0 Å². The van der Waals surface area contributed by atoms with Gasteiger partial charge in [0.25, 0.3) is 0 Å². The van der Waals surface area contributed by atoms with Crippen LogP contribution < -0.4 is 5.32 Å². The molecule has 1 atom stereocenters. The van der Waals surface area contributed by atoms with Gasteiger partial charge >= 0.3 is 0 Å². The molecule has 17 heavy (non-hydrogen) atoms. The van der Waals surface area contributed by atoms with Crippen LogP contribution in [0.25, 0.3) is 0 Å². The van der Waals surface area contributed by atoms with Gasteiger partial charge in [0, 0.05) is 12.5 Å². The number of aryl methyl sites for hydroxylation is 1. The van der Waals surface area contributed by atoms with Crippen LogP contribution >= 0.6 is 11.3 Å². The van der Waals surface area contributed by atoms with Crippen LogP contribution in [0.1, 0.15) is 22.6 Å². The Balaban J connectivity index is 2.20. The average molecular weight is 245 g/mol. The Morgan fingerprint density at radius 2 is 2.06 bits per heavy atom. The van der Waals surface area contributed by atoms with E-state index in [-0.39, 0.29) is 0 Å². The van der Waals surface area contributed by atoms with Crippen molar-refractivity contribution < 1.29 is 0 Å². The van der Waals surface area contributed by atoms with Crippen LogP contribution in [0, 0.1) is 6.92 Å². The maximum Gasteiger partial charge on any atom is 0.00204 e. The molecule has 0 saturated carbocycles. The third-order valence-electron chi connectivity index (χ3n) is 3.14. The zero-order valence-electron chi connectivity index (χ0n) is 10.4. The van der Waals surface area contributed by atoms with Crippen LogP contribution in [0.2, 0.25) is 0 Å². The summed E-state index contributed by atoms with van der Waals surface area (Å²) in [5, 5.41) is 7.72. The third kappa shape index (κ3) is 3.18. The largest absolute Gasteiger partial charge is 0.319 e. The number of hydrogen-bond acceptors (Lipinski definition) is 2. The Kier molecular flexibility index (Phi) is 4.35. The highest BCUT2D eigenvalue weighted by Gasteiger charge is 2.13. The first-order valence-electron chi connectivity index (χ1n) is 6.02. The Labute approximate surface area is 108 Å². The number of likely N-dealkylation sites (N-methyl/N-ethyl adjacent to an activating group) is 1. The standard InChI is InChI=1S/C15H19NS/c1-12-5-3-4-6-15(12)14(10-16-2)9-13-7-8-17-11-13/h3-8,11,14,16H,9-10H2,1-2H3. The van der Waals surface area contributed by atoms with E-state index in [0.29, 0.717) is 5.92 Å². The smallest absolute Gasteiger partial charge is 0.00204 e. The fourth-order valence-electron chi connectivity index (χ4n) is 2.28. The predicted molar refractivity (Wildman–Crippen MR) is 75.9 cm³/mol. The quantitative estimate of drug-likeness (QED) is 0.848. The van der Waals surface area contributed by atoms with E-state index in [0.717, 1.165) is 13.0 Å². The summed E-state index contributed by atoms with van der Waals surface area (Å²) in [6.07, 6.45) is 1.12. The third-order valence-corrected chi connectivity index (χ3v) is 3.87. The molecule has 90 valence electrons. The molecule has 0 amide bonds. The number of rotatable bonds is 5. The van der Waals surface area contributed by atoms with Gasteiger partial charge in [-0.25, -0.2) is 0 Å². The van der Waals surface area contributed by atoms with Crippen LogP contribution in [0.15, 0.2) is 41.1 Å². The molecule has 1 aromatic heterocycles. The molecule has 1 nitrogen and oxygen atoms in total. The molecule has 0 saturated heterocycles. The summed E-state index contributed by atoms with van der Waals surface area (Å²) in [4.78, 5) is 0. The maximum absolute atomic E-state index is 3.31. The summed E-state index contributed by atoms with van der Waals surface area (Å²) < 4.78 is 0. The van der Waals surface area contributed by atoms with E-state index in [1.807, 2.05) is 7.05 Å². The Morgan fingerprint density at radius 1 is 1.24 bits per heavy atom. The van der Waals surface area contributed by atoms with Gasteiger partial charge in [-0.3, -0.25) is 0 Å². The Bertz CT molecular complexity index is 448. The molecular formula is C15H19NS. The topological polar surface area (TPSA) is 12.0 Å². The zero-order valence-corrected chi connectivity index (χ0v) is 11.3. The summed E-state index contributed by atoms with van der Waals surface area (Å²) in [5.74, 6) is 0.566. The molecule has 0 radical (unpaired) electrons. The van der Waals surface area contributed by atoms with Gasteiger partial charge in [0.2, 0.25) is 0 Å². The molecule has 0 aliphatic rings. The van der Waals surface area contributed by atoms with Crippen LogP contribution in [-0.4, -0.2) is 13.6 Å². The van der Waals surface area contributed by atoms with Crippen molar-refractivity contribution in [3.8, 4) is 0 Å². The zero-order chi connectivity index (χ0) is 12.1. The van der Waals surface area contributed by atoms with Crippen molar-refractivity contribution in [3.05, 3.63) is 57.8 Å². The Morgan fingerprint density at radius 3 is 2.71 bits per heavy atom. The van der Waals surface area contributed by atoms with Gasteiger partial charge in [-0.1, -0.05) is 24.3 Å². The lowest BCUT2D eigenvalue weighted by Crippen LogP contribution is -2.19. The monoisotopic (exact) mass is 245 g/mol. The van der Waals surface area contributed by atoms with Gasteiger partial charge in [0.15, 0.2) is 0 Å². The first kappa shape index (κ1) is 12.3. The van der Waals surface area contributed by atoms with E-state index in [1.54, 1.807) is 11.3 Å². The van der Waals surface area contributed by atoms with E-state index >= 15 is 0 Å². The minimum absolute atomic E-state index is 0.566. The molecule has 1 aromatic carbocycles. The second-order valence-electron chi connectivity index (χ2n) is 4.45. The minimum Gasteiger partial charge on any atom is -0.319 e. The summed E-state index contributed by atoms with van der Waals surface area (Å²) in [6, 6.07) is 10.9. The summed E-state index contributed by atoms with van der Waals surface area (Å²) in [7, 11) is 2.03. The molecule has 2 aromatic rings. The molecule has 0 fully saturated rings. The van der Waals surface area contributed by atoms with Crippen LogP contribution in [0.4, 0.5) is 0 Å². The van der Waals surface area contributed by atoms with Gasteiger partial charge in [0.1, 0.15) is 0 Å². The van der Waals surface area contributed by atoms with Crippen molar-refractivity contribution in [2.75, 3.05) is 13.6 Å². The number of benzene rings is 1. The van der Waals surface area contributed by atoms with Crippen molar-refractivity contribution >= 4 is 11.3 Å². The lowest BCUT2D eigenvalue weighted by molar-refractivity contribution is 0.623. The van der Waals surface area contributed by atoms with E-state index in [2.05, 4.69) is 53.3 Å². The van der Waals surface area contributed by atoms with Crippen molar-refractivity contribution in [1.29, 1.82) is 0 Å². The van der Waals surface area contributed by atoms with Gasteiger partial charge in [-0.15, -0.1) is 0 Å². The lowest BCUT2D eigenvalue weighted by atomic mass is 9.90. The van der Waals surface area contributed by atoms with Crippen LogP contribution in [0.5, 0.6) is 0 Å². The van der Waals surface area contributed by atoms with Crippen molar-refractivity contribution in [2.45, 2.75) is 19.3 Å². The van der Waals surface area contributed by atoms with E-state index in [9.17, 15) is 0 Å². The molecule has 2 heteroatoms. The molecule has 0 aliphatic carbocycles. The van der Waals surface area contributed by atoms with Gasteiger partial charge in [-0.2, -0.15) is 11.3 Å². The molecule has 0 spiro atoms. The Hall–Kier alpha value is -1.12. The normalized spacial score (nSPS) is 12.6. The predicted octanol–water partition coefficient (Wildman–Crippen LogP) is 3.60. The van der Waals surface area contributed by atoms with E-state index < -0.39 is 0 Å². The lowest BCUT2D eigenvalue weighted by Gasteiger charge is -2.18. The molecule has 1 N–H and O–H groups in total. The van der Waals surface area contributed by atoms with Crippen molar-refractivity contribution in [2.24, 2.45) is 0 Å². The molecular weight excluding hydrogens is 226 g/mol. The highest BCUT2D eigenvalue weighted by Crippen LogP contribution is 2.24. The van der Waals surface area contributed by atoms with Crippen LogP contribution in [-0.2, 0) is 6.42 Å². The van der Waals surface area contributed by atoms with Gasteiger partial charge in [0.05, 0.1) is 0 Å². The number of hydrogen-bond donors (Lipinski definition) is 1.